The molecule has 2 rings (SSSR count). The second-order valence-corrected chi connectivity index (χ2v) is 6.70. The molecule has 1 aromatic carbocycles. The minimum absolute atomic E-state index is 0.141. The molecule has 0 aliphatic heterocycles. The molecule has 0 spiro atoms. The van der Waals surface area contributed by atoms with Gasteiger partial charge in [-0.1, -0.05) is 19.1 Å². The SMILES string of the molecule is CCNS(=O)(=O)c1ccccc1NC1(CN)CCC1. The predicted molar refractivity (Wildman–Crippen MR) is 76.6 cm³/mol. The Kier molecular flexibility index (Phi) is 4.13. The lowest BCUT2D eigenvalue weighted by Crippen LogP contribution is -2.51. The number of anilines is 1. The summed E-state index contributed by atoms with van der Waals surface area (Å²) >= 11 is 0. The molecule has 106 valence electrons. The van der Waals surface area contributed by atoms with Crippen molar-refractivity contribution in [3.05, 3.63) is 24.3 Å². The summed E-state index contributed by atoms with van der Waals surface area (Å²) in [6, 6.07) is 6.96. The van der Waals surface area contributed by atoms with E-state index in [0.717, 1.165) is 19.3 Å². The predicted octanol–water partition coefficient (Wildman–Crippen LogP) is 1.28. The van der Waals surface area contributed by atoms with Gasteiger partial charge < -0.3 is 11.1 Å². The van der Waals surface area contributed by atoms with E-state index in [4.69, 9.17) is 5.73 Å². The van der Waals surface area contributed by atoms with E-state index in [1.54, 1.807) is 25.1 Å². The molecule has 4 N–H and O–H groups in total. The summed E-state index contributed by atoms with van der Waals surface area (Å²) in [6.45, 7) is 2.65. The Morgan fingerprint density at radius 3 is 2.53 bits per heavy atom. The van der Waals surface area contributed by atoms with Gasteiger partial charge in [0.25, 0.3) is 0 Å². The zero-order valence-corrected chi connectivity index (χ0v) is 12.0. The summed E-state index contributed by atoms with van der Waals surface area (Å²) in [4.78, 5) is 0.288. The van der Waals surface area contributed by atoms with Crippen molar-refractivity contribution >= 4 is 15.7 Å². The quantitative estimate of drug-likeness (QED) is 0.734. The Morgan fingerprint density at radius 1 is 1.32 bits per heavy atom. The van der Waals surface area contributed by atoms with Gasteiger partial charge in [0.05, 0.1) is 5.69 Å². The van der Waals surface area contributed by atoms with Crippen LogP contribution in [0.25, 0.3) is 0 Å². The molecule has 19 heavy (non-hydrogen) atoms. The largest absolute Gasteiger partial charge is 0.377 e. The van der Waals surface area contributed by atoms with Crippen LogP contribution < -0.4 is 15.8 Å². The van der Waals surface area contributed by atoms with Gasteiger partial charge in [0, 0.05) is 18.6 Å². The fourth-order valence-corrected chi connectivity index (χ4v) is 3.54. The first kappa shape index (κ1) is 14.3. The molecule has 0 saturated heterocycles. The lowest BCUT2D eigenvalue weighted by atomic mass is 9.76. The number of nitrogens with one attached hydrogen (secondary N) is 2. The topological polar surface area (TPSA) is 84.2 Å². The third-order valence-electron chi connectivity index (χ3n) is 3.61. The van der Waals surface area contributed by atoms with Gasteiger partial charge in [-0.3, -0.25) is 0 Å². The third-order valence-corrected chi connectivity index (χ3v) is 5.22. The monoisotopic (exact) mass is 283 g/mol. The van der Waals surface area contributed by atoms with E-state index < -0.39 is 10.0 Å². The van der Waals surface area contributed by atoms with Crippen molar-refractivity contribution in [3.8, 4) is 0 Å². The van der Waals surface area contributed by atoms with E-state index in [9.17, 15) is 8.42 Å². The highest BCUT2D eigenvalue weighted by Crippen LogP contribution is 2.36. The molecule has 0 amide bonds. The van der Waals surface area contributed by atoms with Crippen molar-refractivity contribution in [2.75, 3.05) is 18.4 Å². The normalized spacial score (nSPS) is 17.8. The number of hydrogen-bond acceptors (Lipinski definition) is 4. The van der Waals surface area contributed by atoms with Crippen LogP contribution in [0.4, 0.5) is 5.69 Å². The average Bonchev–Trinajstić information content (AvgIpc) is 2.34. The summed E-state index contributed by atoms with van der Waals surface area (Å²) in [7, 11) is -3.46. The smallest absolute Gasteiger partial charge is 0.242 e. The lowest BCUT2D eigenvalue weighted by Gasteiger charge is -2.42. The first-order valence-electron chi connectivity index (χ1n) is 6.60. The first-order chi connectivity index (χ1) is 9.03. The Labute approximate surface area is 114 Å². The Hall–Kier alpha value is -1.11. The third kappa shape index (κ3) is 2.91. The van der Waals surface area contributed by atoms with Crippen LogP contribution in [0.3, 0.4) is 0 Å². The molecule has 0 bridgehead atoms. The zero-order valence-electron chi connectivity index (χ0n) is 11.1. The molecule has 6 heteroatoms. The van der Waals surface area contributed by atoms with Crippen LogP contribution in [0.2, 0.25) is 0 Å². The average molecular weight is 283 g/mol. The standard InChI is InChI=1S/C13H21N3O2S/c1-2-15-19(17,18)12-7-4-3-6-11(12)16-13(10-14)8-5-9-13/h3-4,6-7,15-16H,2,5,8-10,14H2,1H3. The Morgan fingerprint density at radius 2 is 2.00 bits per heavy atom. The molecule has 0 heterocycles. The van der Waals surface area contributed by atoms with Gasteiger partial charge in [0.2, 0.25) is 10.0 Å². The van der Waals surface area contributed by atoms with Crippen LogP contribution >= 0.6 is 0 Å². The number of sulfonamides is 1. The highest BCUT2D eigenvalue weighted by Gasteiger charge is 2.36. The lowest BCUT2D eigenvalue weighted by molar-refractivity contribution is 0.287. The van der Waals surface area contributed by atoms with Crippen molar-refractivity contribution < 1.29 is 8.42 Å². The van der Waals surface area contributed by atoms with Gasteiger partial charge >= 0.3 is 0 Å². The fraction of sp³-hybridized carbons (Fsp3) is 0.538. The van der Waals surface area contributed by atoms with Crippen molar-refractivity contribution in [3.63, 3.8) is 0 Å². The second kappa shape index (κ2) is 5.48. The molecular formula is C13H21N3O2S. The molecule has 0 unspecified atom stereocenters. The number of para-hydroxylation sites is 1. The van der Waals surface area contributed by atoms with Crippen LogP contribution in [0.5, 0.6) is 0 Å². The van der Waals surface area contributed by atoms with E-state index >= 15 is 0 Å². The summed E-state index contributed by atoms with van der Waals surface area (Å²) in [5, 5.41) is 3.33. The fourth-order valence-electron chi connectivity index (χ4n) is 2.34. The van der Waals surface area contributed by atoms with Crippen LogP contribution in [0.1, 0.15) is 26.2 Å². The zero-order chi connectivity index (χ0) is 13.9. The Balaban J connectivity index is 2.31. The van der Waals surface area contributed by atoms with Crippen LogP contribution in [0, 0.1) is 0 Å². The van der Waals surface area contributed by atoms with Crippen LogP contribution in [-0.4, -0.2) is 27.0 Å². The molecule has 1 aliphatic carbocycles. The molecule has 1 aromatic rings. The number of nitrogens with two attached hydrogens (primary N) is 1. The highest BCUT2D eigenvalue weighted by molar-refractivity contribution is 7.89. The molecular weight excluding hydrogens is 262 g/mol. The van der Waals surface area contributed by atoms with Crippen molar-refractivity contribution in [2.24, 2.45) is 5.73 Å². The van der Waals surface area contributed by atoms with E-state index in [1.165, 1.54) is 0 Å². The van der Waals surface area contributed by atoms with Crippen LogP contribution in [0.15, 0.2) is 29.2 Å². The molecule has 1 aliphatic rings. The summed E-state index contributed by atoms with van der Waals surface area (Å²) in [6.07, 6.45) is 3.10. The van der Waals surface area contributed by atoms with Crippen molar-refractivity contribution in [1.82, 2.24) is 4.72 Å². The van der Waals surface area contributed by atoms with Gasteiger partial charge in [0.1, 0.15) is 4.90 Å². The molecule has 0 atom stereocenters. The van der Waals surface area contributed by atoms with E-state index in [0.29, 0.717) is 18.8 Å². The number of rotatable bonds is 6. The van der Waals surface area contributed by atoms with Gasteiger partial charge in [-0.05, 0) is 31.4 Å². The second-order valence-electron chi connectivity index (χ2n) is 4.96. The maximum Gasteiger partial charge on any atom is 0.242 e. The van der Waals surface area contributed by atoms with Crippen LogP contribution in [-0.2, 0) is 10.0 Å². The number of benzene rings is 1. The minimum Gasteiger partial charge on any atom is -0.377 e. The van der Waals surface area contributed by atoms with Crippen molar-refractivity contribution in [1.29, 1.82) is 0 Å². The molecule has 1 fully saturated rings. The Bertz CT molecular complexity index is 533. The summed E-state index contributed by atoms with van der Waals surface area (Å²) in [5.41, 5.74) is 6.30. The highest BCUT2D eigenvalue weighted by atomic mass is 32.2. The van der Waals surface area contributed by atoms with E-state index in [1.807, 2.05) is 6.07 Å². The molecule has 0 radical (unpaired) electrons. The summed E-state index contributed by atoms with van der Waals surface area (Å²) < 4.78 is 26.8. The van der Waals surface area contributed by atoms with Gasteiger partial charge in [-0.15, -0.1) is 0 Å². The first-order valence-corrected chi connectivity index (χ1v) is 8.08. The number of hydrogen-bond donors (Lipinski definition) is 3. The molecule has 0 aromatic heterocycles. The molecule has 1 saturated carbocycles. The van der Waals surface area contributed by atoms with Gasteiger partial charge in [-0.25, -0.2) is 13.1 Å². The van der Waals surface area contributed by atoms with E-state index in [2.05, 4.69) is 10.0 Å². The van der Waals surface area contributed by atoms with Crippen molar-refractivity contribution in [2.45, 2.75) is 36.6 Å². The maximum absolute atomic E-state index is 12.2. The van der Waals surface area contributed by atoms with Gasteiger partial charge in [-0.2, -0.15) is 0 Å². The van der Waals surface area contributed by atoms with Gasteiger partial charge in [0.15, 0.2) is 0 Å². The summed E-state index contributed by atoms with van der Waals surface area (Å²) in [5.74, 6) is 0. The van der Waals surface area contributed by atoms with E-state index in [-0.39, 0.29) is 10.4 Å². The maximum atomic E-state index is 12.2. The minimum atomic E-state index is -3.46. The molecule has 5 nitrogen and oxygen atoms in total.